The van der Waals surface area contributed by atoms with Crippen molar-refractivity contribution in [2.45, 2.75) is 40.7 Å². The van der Waals surface area contributed by atoms with Crippen LogP contribution in [0.1, 0.15) is 36.7 Å². The molecule has 0 atom stereocenters. The van der Waals surface area contributed by atoms with Crippen LogP contribution in [0.5, 0.6) is 5.75 Å². The molecule has 0 saturated carbocycles. The Morgan fingerprint density at radius 1 is 1.06 bits per heavy atom. The number of rotatable bonds is 7. The van der Waals surface area contributed by atoms with Gasteiger partial charge >= 0.3 is 0 Å². The molecule has 4 aromatic heterocycles. The second kappa shape index (κ2) is 9.66. The van der Waals surface area contributed by atoms with Crippen LogP contribution < -0.4 is 10.5 Å². The van der Waals surface area contributed by atoms with Gasteiger partial charge in [0, 0.05) is 29.3 Å². The molecule has 0 radical (unpaired) electrons. The first-order chi connectivity index (χ1) is 17.3. The van der Waals surface area contributed by atoms with Crippen LogP contribution in [-0.2, 0) is 13.0 Å². The monoisotopic (exact) mass is 503 g/mol. The second-order valence-electron chi connectivity index (χ2n) is 9.07. The molecule has 2 N–H and O–H groups in total. The fourth-order valence-electron chi connectivity index (χ4n) is 4.20. The van der Waals surface area contributed by atoms with Gasteiger partial charge in [-0.3, -0.25) is 4.98 Å². The molecule has 5 rings (SSSR count). The number of hydrogen-bond donors (Lipinski definition) is 1. The van der Waals surface area contributed by atoms with Crippen molar-refractivity contribution in [3.8, 4) is 27.6 Å². The summed E-state index contributed by atoms with van der Waals surface area (Å²) in [6.45, 7) is 8.30. The molecule has 0 bridgehead atoms. The molecule has 0 amide bonds. The Balaban J connectivity index is 1.73. The maximum atomic E-state index is 13.4. The highest BCUT2D eigenvalue weighted by Crippen LogP contribution is 2.44. The van der Waals surface area contributed by atoms with Crippen molar-refractivity contribution >= 4 is 27.2 Å². The van der Waals surface area contributed by atoms with Crippen molar-refractivity contribution < 1.29 is 13.5 Å². The van der Waals surface area contributed by atoms with E-state index in [0.717, 1.165) is 43.8 Å². The van der Waals surface area contributed by atoms with Crippen molar-refractivity contribution in [2.24, 2.45) is 5.92 Å². The molecular formula is C27H26FN5O2S. The number of thiophene rings is 1. The number of aryl methyl sites for hydroxylation is 1. The van der Waals surface area contributed by atoms with Gasteiger partial charge in [0.2, 0.25) is 11.8 Å². The fraction of sp³-hybridized carbons (Fsp3) is 0.259. The Bertz CT molecular complexity index is 1540. The van der Waals surface area contributed by atoms with Crippen LogP contribution >= 0.6 is 11.3 Å². The van der Waals surface area contributed by atoms with Gasteiger partial charge in [0.05, 0.1) is 16.0 Å². The smallest absolute Gasteiger partial charge is 0.250 e. The van der Waals surface area contributed by atoms with E-state index in [4.69, 9.17) is 19.9 Å². The van der Waals surface area contributed by atoms with Crippen LogP contribution in [0, 0.1) is 25.6 Å². The van der Waals surface area contributed by atoms with Gasteiger partial charge in [-0.25, -0.2) is 9.37 Å². The minimum atomic E-state index is -0.321. The molecule has 9 heteroatoms. The lowest BCUT2D eigenvalue weighted by Crippen LogP contribution is -2.10. The van der Waals surface area contributed by atoms with E-state index in [9.17, 15) is 4.39 Å². The molecule has 0 fully saturated rings. The molecule has 5 aromatic rings. The minimum absolute atomic E-state index is 0.148. The Labute approximate surface area is 212 Å². The predicted molar refractivity (Wildman–Crippen MR) is 139 cm³/mol. The lowest BCUT2D eigenvalue weighted by Gasteiger charge is -2.19. The van der Waals surface area contributed by atoms with E-state index < -0.39 is 0 Å². The number of nitrogens with zero attached hydrogens (tertiary/aromatic N) is 4. The lowest BCUT2D eigenvalue weighted by atomic mass is 9.94. The van der Waals surface area contributed by atoms with Gasteiger partial charge in [0.25, 0.3) is 0 Å². The first-order valence-electron chi connectivity index (χ1n) is 11.7. The van der Waals surface area contributed by atoms with E-state index in [2.05, 4.69) is 42.0 Å². The summed E-state index contributed by atoms with van der Waals surface area (Å²) in [6, 6.07) is 9.98. The van der Waals surface area contributed by atoms with Gasteiger partial charge in [-0.05, 0) is 66.6 Å². The van der Waals surface area contributed by atoms with E-state index in [1.165, 1.54) is 12.1 Å². The van der Waals surface area contributed by atoms with Gasteiger partial charge in [0.15, 0.2) is 0 Å². The Kier molecular flexibility index (Phi) is 6.40. The summed E-state index contributed by atoms with van der Waals surface area (Å²) in [5, 5.41) is 9.42. The van der Waals surface area contributed by atoms with Crippen LogP contribution in [0.25, 0.3) is 32.0 Å². The summed E-state index contributed by atoms with van der Waals surface area (Å²) in [5.74, 6) is 1.93. The number of benzene rings is 1. The average molecular weight is 504 g/mol. The minimum Gasteiger partial charge on any atom is -0.487 e. The Morgan fingerprint density at radius 2 is 1.83 bits per heavy atom. The van der Waals surface area contributed by atoms with Crippen molar-refractivity contribution in [1.82, 2.24) is 20.2 Å². The summed E-state index contributed by atoms with van der Waals surface area (Å²) in [6.07, 6.45) is 2.50. The molecule has 7 nitrogen and oxygen atoms in total. The van der Waals surface area contributed by atoms with Crippen molar-refractivity contribution in [2.75, 3.05) is 5.73 Å². The number of ether oxygens (including phenoxy) is 1. The third-order valence-corrected chi connectivity index (χ3v) is 7.05. The number of pyridine rings is 2. The number of hydrogen-bond acceptors (Lipinski definition) is 8. The van der Waals surface area contributed by atoms with E-state index >= 15 is 0 Å². The zero-order valence-corrected chi connectivity index (χ0v) is 21.3. The molecule has 36 heavy (non-hydrogen) atoms. The maximum Gasteiger partial charge on any atom is 0.250 e. The summed E-state index contributed by atoms with van der Waals surface area (Å²) < 4.78 is 26.3. The molecule has 4 heterocycles. The molecule has 0 aliphatic heterocycles. The number of halogens is 1. The number of anilines is 1. The molecule has 0 aliphatic carbocycles. The number of nitrogen functional groups attached to an aromatic ring is 1. The third-order valence-electron chi connectivity index (χ3n) is 5.85. The molecule has 0 aliphatic rings. The van der Waals surface area contributed by atoms with E-state index in [1.54, 1.807) is 36.6 Å². The average Bonchev–Trinajstić information content (AvgIpc) is 3.46. The van der Waals surface area contributed by atoms with Gasteiger partial charge in [-0.1, -0.05) is 13.8 Å². The summed E-state index contributed by atoms with van der Waals surface area (Å²) in [7, 11) is 0. The molecule has 0 unspecified atom stereocenters. The van der Waals surface area contributed by atoms with Crippen molar-refractivity contribution in [3.63, 3.8) is 0 Å². The standard InChI is InChI=1S/C27H26FN5O2S/c1-14(2)11-20-15(3)23(22-12-17-9-10-30-26(29)25(17)36-22)24(27-33-32-16(4)35-27)21(31-20)13-34-19-7-5-18(28)6-8-19/h5-10,12,14H,11,13H2,1-4H3,(H2,29,30). The van der Waals surface area contributed by atoms with Crippen LogP contribution in [0.4, 0.5) is 10.2 Å². The van der Waals surface area contributed by atoms with Crippen LogP contribution in [0.15, 0.2) is 47.0 Å². The highest BCUT2D eigenvalue weighted by Gasteiger charge is 2.26. The molecule has 184 valence electrons. The van der Waals surface area contributed by atoms with Crippen molar-refractivity contribution in [1.29, 1.82) is 0 Å². The van der Waals surface area contributed by atoms with Gasteiger partial charge < -0.3 is 14.9 Å². The second-order valence-corrected chi connectivity index (χ2v) is 10.1. The summed E-state index contributed by atoms with van der Waals surface area (Å²) >= 11 is 1.57. The highest BCUT2D eigenvalue weighted by molar-refractivity contribution is 7.22. The first kappa shape index (κ1) is 23.9. The zero-order valence-electron chi connectivity index (χ0n) is 20.5. The molecular weight excluding hydrogens is 477 g/mol. The van der Waals surface area contributed by atoms with Gasteiger partial charge in [-0.15, -0.1) is 21.5 Å². The Hall–Kier alpha value is -3.85. The quantitative estimate of drug-likeness (QED) is 0.270. The Morgan fingerprint density at radius 3 is 2.50 bits per heavy atom. The van der Waals surface area contributed by atoms with E-state index in [-0.39, 0.29) is 12.4 Å². The lowest BCUT2D eigenvalue weighted by molar-refractivity contribution is 0.300. The van der Waals surface area contributed by atoms with Crippen LogP contribution in [0.2, 0.25) is 0 Å². The third kappa shape index (κ3) is 4.66. The molecule has 0 spiro atoms. The first-order valence-corrected chi connectivity index (χ1v) is 12.5. The summed E-state index contributed by atoms with van der Waals surface area (Å²) in [5.41, 5.74) is 10.6. The van der Waals surface area contributed by atoms with Crippen LogP contribution in [0.3, 0.4) is 0 Å². The normalized spacial score (nSPS) is 11.5. The predicted octanol–water partition coefficient (Wildman–Crippen LogP) is 6.52. The van der Waals surface area contributed by atoms with Gasteiger partial charge in [-0.2, -0.15) is 0 Å². The molecule has 1 aromatic carbocycles. The largest absolute Gasteiger partial charge is 0.487 e. The van der Waals surface area contributed by atoms with Crippen LogP contribution in [-0.4, -0.2) is 20.2 Å². The topological polar surface area (TPSA) is 100.0 Å². The maximum absolute atomic E-state index is 13.4. The molecule has 0 saturated heterocycles. The SMILES string of the molecule is Cc1nnc(-c2c(COc3ccc(F)cc3)nc(CC(C)C)c(C)c2-c2cc3ccnc(N)c3s2)o1. The van der Waals surface area contributed by atoms with Gasteiger partial charge in [0.1, 0.15) is 24.0 Å². The van der Waals surface area contributed by atoms with Crippen molar-refractivity contribution in [3.05, 3.63) is 71.3 Å². The number of fused-ring (bicyclic) bond motifs is 1. The zero-order chi connectivity index (χ0) is 25.4. The number of nitrogens with two attached hydrogens (primary N) is 1. The van der Waals surface area contributed by atoms with E-state index in [0.29, 0.717) is 35.0 Å². The van der Waals surface area contributed by atoms with E-state index in [1.807, 2.05) is 6.07 Å². The fourth-order valence-corrected chi connectivity index (χ4v) is 5.36. The summed E-state index contributed by atoms with van der Waals surface area (Å²) in [4.78, 5) is 10.3. The highest BCUT2D eigenvalue weighted by atomic mass is 32.1. The number of aromatic nitrogens is 4.